The molecule has 1 aromatic heterocycles. The Labute approximate surface area is 229 Å². The monoisotopic (exact) mass is 604 g/mol. The van der Waals surface area contributed by atoms with Gasteiger partial charge in [-0.3, -0.25) is 4.98 Å². The average molecular weight is 606 g/mol. The van der Waals surface area contributed by atoms with Crippen molar-refractivity contribution in [3.63, 3.8) is 0 Å². The van der Waals surface area contributed by atoms with Crippen molar-refractivity contribution in [2.75, 3.05) is 13.2 Å². The molecule has 1 unspecified atom stereocenters. The van der Waals surface area contributed by atoms with Gasteiger partial charge in [0.25, 0.3) is 0 Å². The lowest BCUT2D eigenvalue weighted by molar-refractivity contribution is -0.113. The summed E-state index contributed by atoms with van der Waals surface area (Å²) in [5.74, 6) is 0.0381. The average Bonchev–Trinajstić information content (AvgIpc) is 3.30. The van der Waals surface area contributed by atoms with Crippen LogP contribution in [-0.2, 0) is 16.6 Å². The maximum atomic E-state index is 13.9. The first kappa shape index (κ1) is 28.0. The van der Waals surface area contributed by atoms with Gasteiger partial charge in [0.05, 0.1) is 5.60 Å². The van der Waals surface area contributed by atoms with Crippen molar-refractivity contribution in [2.45, 2.75) is 56.0 Å². The number of nitrogens with two attached hydrogens (primary N) is 1. The summed E-state index contributed by atoms with van der Waals surface area (Å²) in [6.07, 6.45) is 11.1. The van der Waals surface area contributed by atoms with Gasteiger partial charge in [0.15, 0.2) is 0 Å². The normalized spacial score (nSPS) is 21.7. The van der Waals surface area contributed by atoms with Gasteiger partial charge in [-0.2, -0.15) is 0 Å². The highest BCUT2D eigenvalue weighted by Gasteiger charge is 2.51. The molecule has 5 rings (SSSR count). The third-order valence-corrected chi connectivity index (χ3v) is 8.07. The second-order valence-electron chi connectivity index (χ2n) is 9.86. The van der Waals surface area contributed by atoms with Crippen LogP contribution in [0.4, 0.5) is 4.39 Å². The van der Waals surface area contributed by atoms with Crippen molar-refractivity contribution >= 4 is 34.0 Å². The lowest BCUT2D eigenvalue weighted by Crippen LogP contribution is -2.52. The third-order valence-electron chi connectivity index (χ3n) is 8.07. The van der Waals surface area contributed by atoms with E-state index in [0.717, 1.165) is 38.7 Å². The second kappa shape index (κ2) is 12.1. The Kier molecular flexibility index (Phi) is 9.67. The fourth-order valence-electron chi connectivity index (χ4n) is 6.40. The van der Waals surface area contributed by atoms with E-state index in [4.69, 9.17) is 10.5 Å². The van der Waals surface area contributed by atoms with E-state index in [1.54, 1.807) is 12.1 Å². The molecule has 0 bridgehead atoms. The zero-order chi connectivity index (χ0) is 22.7. The molecule has 2 atom stereocenters. The highest BCUT2D eigenvalue weighted by molar-refractivity contribution is 8.93. The second-order valence-corrected chi connectivity index (χ2v) is 9.86. The Bertz CT molecular complexity index is 1070. The van der Waals surface area contributed by atoms with E-state index in [2.05, 4.69) is 41.4 Å². The Balaban J connectivity index is 0.00000171. The molecule has 188 valence electrons. The minimum atomic E-state index is -0.191. The van der Waals surface area contributed by atoms with Crippen LogP contribution in [0.1, 0.15) is 49.7 Å². The molecule has 3 nitrogen and oxygen atoms in total. The van der Waals surface area contributed by atoms with Gasteiger partial charge in [-0.1, -0.05) is 49.2 Å². The summed E-state index contributed by atoms with van der Waals surface area (Å²) in [7, 11) is 0. The standard InChI is InChI=1S/C29H33FN2O.2BrH/c30-26-9-7-24(8-10-26)29(15-18-33-28(21-29)13-3-4-14-28)25(20-31)19-23-5-1-2-6-27(23)22-11-16-32-17-12-22;;/h1-2,5-12,16-17,25H,3-4,13-15,18-21,31H2;2*1H/t25-,29?;;/m0../s1. The fourth-order valence-corrected chi connectivity index (χ4v) is 6.40. The van der Waals surface area contributed by atoms with Crippen molar-refractivity contribution in [1.29, 1.82) is 0 Å². The largest absolute Gasteiger partial charge is 0.375 e. The molecule has 2 aromatic carbocycles. The van der Waals surface area contributed by atoms with Gasteiger partial charge in [-0.25, -0.2) is 4.39 Å². The third kappa shape index (κ3) is 5.71. The minimum Gasteiger partial charge on any atom is -0.375 e. The predicted octanol–water partition coefficient (Wildman–Crippen LogP) is 7.22. The molecule has 1 spiro atoms. The number of ether oxygens (including phenoxy) is 1. The van der Waals surface area contributed by atoms with Gasteiger partial charge in [0.2, 0.25) is 0 Å². The van der Waals surface area contributed by atoms with E-state index in [-0.39, 0.29) is 56.7 Å². The zero-order valence-corrected chi connectivity index (χ0v) is 23.4. The number of halogens is 3. The zero-order valence-electron chi connectivity index (χ0n) is 20.0. The van der Waals surface area contributed by atoms with E-state index in [0.29, 0.717) is 6.54 Å². The Morgan fingerprint density at radius 2 is 1.60 bits per heavy atom. The number of hydrogen-bond acceptors (Lipinski definition) is 3. The first-order valence-corrected chi connectivity index (χ1v) is 12.2. The summed E-state index contributed by atoms with van der Waals surface area (Å²) in [5, 5.41) is 0. The number of benzene rings is 2. The molecule has 6 heteroatoms. The van der Waals surface area contributed by atoms with E-state index in [1.807, 2.05) is 24.5 Å². The molecule has 2 heterocycles. The van der Waals surface area contributed by atoms with Crippen molar-refractivity contribution < 1.29 is 9.13 Å². The van der Waals surface area contributed by atoms with Gasteiger partial charge >= 0.3 is 0 Å². The van der Waals surface area contributed by atoms with E-state index in [1.165, 1.54) is 35.1 Å². The molecule has 0 radical (unpaired) electrons. The summed E-state index contributed by atoms with van der Waals surface area (Å²) in [6.45, 7) is 1.32. The molecule has 1 saturated heterocycles. The highest BCUT2D eigenvalue weighted by atomic mass is 79.9. The molecule has 0 amide bonds. The summed E-state index contributed by atoms with van der Waals surface area (Å²) in [5.41, 5.74) is 11.3. The molecule has 1 aliphatic carbocycles. The molecule has 2 aliphatic rings. The van der Waals surface area contributed by atoms with Gasteiger partial charge in [-0.15, -0.1) is 34.0 Å². The topological polar surface area (TPSA) is 48.1 Å². The summed E-state index contributed by atoms with van der Waals surface area (Å²) >= 11 is 0. The number of hydrogen-bond donors (Lipinski definition) is 1. The van der Waals surface area contributed by atoms with E-state index in [9.17, 15) is 4.39 Å². The van der Waals surface area contributed by atoms with Crippen LogP contribution in [-0.4, -0.2) is 23.7 Å². The minimum absolute atomic E-state index is 0. The van der Waals surface area contributed by atoms with Crippen LogP contribution in [0.15, 0.2) is 73.1 Å². The Morgan fingerprint density at radius 3 is 2.29 bits per heavy atom. The predicted molar refractivity (Wildman–Crippen MR) is 151 cm³/mol. The van der Waals surface area contributed by atoms with Crippen molar-refractivity contribution in [2.24, 2.45) is 11.7 Å². The van der Waals surface area contributed by atoms with Gasteiger partial charge < -0.3 is 10.5 Å². The SMILES string of the molecule is Br.Br.NC[C@H](Cc1ccccc1-c1ccncc1)C1(c2ccc(F)cc2)CCOC2(CCCC2)C1. The van der Waals surface area contributed by atoms with Gasteiger partial charge in [0, 0.05) is 24.4 Å². The van der Waals surface area contributed by atoms with Crippen molar-refractivity contribution in [3.05, 3.63) is 90.0 Å². The summed E-state index contributed by atoms with van der Waals surface area (Å²) < 4.78 is 20.3. The van der Waals surface area contributed by atoms with Crippen LogP contribution in [0.3, 0.4) is 0 Å². The van der Waals surface area contributed by atoms with E-state index >= 15 is 0 Å². The fraction of sp³-hybridized carbons (Fsp3) is 0.414. The Hall–Kier alpha value is -1.60. The smallest absolute Gasteiger partial charge is 0.123 e. The molecule has 1 aliphatic heterocycles. The first-order valence-electron chi connectivity index (χ1n) is 12.2. The lowest BCUT2D eigenvalue weighted by atomic mass is 9.59. The van der Waals surface area contributed by atoms with E-state index < -0.39 is 0 Å². The number of aromatic nitrogens is 1. The van der Waals surface area contributed by atoms with Crippen LogP contribution < -0.4 is 5.73 Å². The number of pyridine rings is 1. The molecule has 35 heavy (non-hydrogen) atoms. The van der Waals surface area contributed by atoms with Crippen molar-refractivity contribution in [3.8, 4) is 11.1 Å². The first-order chi connectivity index (χ1) is 16.1. The van der Waals surface area contributed by atoms with Gasteiger partial charge in [-0.05, 0) is 91.1 Å². The summed E-state index contributed by atoms with van der Waals surface area (Å²) in [4.78, 5) is 4.19. The molecule has 2 N–H and O–H groups in total. The summed E-state index contributed by atoms with van der Waals surface area (Å²) in [6, 6.07) is 19.9. The van der Waals surface area contributed by atoms with Crippen molar-refractivity contribution in [1.82, 2.24) is 4.98 Å². The quantitative estimate of drug-likeness (QED) is 0.323. The van der Waals surface area contributed by atoms with Crippen LogP contribution >= 0.6 is 34.0 Å². The maximum absolute atomic E-state index is 13.9. The molecular weight excluding hydrogens is 571 g/mol. The molecule has 2 fully saturated rings. The number of nitrogens with zero attached hydrogens (tertiary/aromatic N) is 1. The van der Waals surface area contributed by atoms with Crippen LogP contribution in [0.25, 0.3) is 11.1 Å². The highest BCUT2D eigenvalue weighted by Crippen LogP contribution is 2.52. The van der Waals surface area contributed by atoms with Crippen LogP contribution in [0, 0.1) is 11.7 Å². The maximum Gasteiger partial charge on any atom is 0.123 e. The molecule has 3 aromatic rings. The molecule has 1 saturated carbocycles. The molecular formula is C29H35Br2FN2O. The Morgan fingerprint density at radius 1 is 0.914 bits per heavy atom. The van der Waals surface area contributed by atoms with Crippen LogP contribution in [0.5, 0.6) is 0 Å². The van der Waals surface area contributed by atoms with Gasteiger partial charge in [0.1, 0.15) is 5.82 Å². The van der Waals surface area contributed by atoms with Crippen LogP contribution in [0.2, 0.25) is 0 Å². The number of rotatable bonds is 6. The lowest BCUT2D eigenvalue weighted by Gasteiger charge is -2.51.